The van der Waals surface area contributed by atoms with Gasteiger partial charge in [0.05, 0.1) is 16.4 Å². The molecular formula is C8H10N2O6S. The van der Waals surface area contributed by atoms with Crippen LogP contribution in [0.25, 0.3) is 0 Å². The smallest absolute Gasteiger partial charge is 0.270 e. The van der Waals surface area contributed by atoms with E-state index in [0.717, 1.165) is 12.1 Å². The quantitative estimate of drug-likeness (QED) is 0.361. The normalized spacial score (nSPS) is 11.7. The van der Waals surface area contributed by atoms with Gasteiger partial charge in [-0.3, -0.25) is 10.1 Å². The van der Waals surface area contributed by atoms with Crippen LogP contribution in [0.5, 0.6) is 0 Å². The topological polar surface area (TPSA) is 130 Å². The minimum atomic E-state index is -3.99. The molecule has 0 unspecified atom stereocenters. The summed E-state index contributed by atoms with van der Waals surface area (Å²) in [5, 5.41) is 27.5. The molecule has 0 aliphatic heterocycles. The molecule has 0 aromatic heterocycles. The SMILES string of the molecule is O=[N+]([O-])c1cccc(S(=O)(=O)NCC(O)O)c1. The van der Waals surface area contributed by atoms with Crippen molar-refractivity contribution >= 4 is 15.7 Å². The summed E-state index contributed by atoms with van der Waals surface area (Å²) in [6, 6.07) is 4.42. The van der Waals surface area contributed by atoms with Gasteiger partial charge in [-0.1, -0.05) is 6.07 Å². The molecule has 1 aromatic rings. The highest BCUT2D eigenvalue weighted by atomic mass is 32.2. The van der Waals surface area contributed by atoms with E-state index in [1.807, 2.05) is 4.72 Å². The van der Waals surface area contributed by atoms with E-state index in [9.17, 15) is 18.5 Å². The van der Waals surface area contributed by atoms with Gasteiger partial charge in [0.15, 0.2) is 6.29 Å². The van der Waals surface area contributed by atoms with Crippen molar-refractivity contribution in [1.29, 1.82) is 0 Å². The van der Waals surface area contributed by atoms with E-state index < -0.39 is 27.8 Å². The molecule has 3 N–H and O–H groups in total. The minimum absolute atomic E-state index is 0.313. The summed E-state index contributed by atoms with van der Waals surface area (Å²) in [6.07, 6.45) is -1.83. The molecule has 0 bridgehead atoms. The Hall–Kier alpha value is -1.55. The molecule has 0 aliphatic carbocycles. The maximum atomic E-state index is 11.6. The number of nitro groups is 1. The third-order valence-corrected chi connectivity index (χ3v) is 3.22. The van der Waals surface area contributed by atoms with Crippen LogP contribution in [0.2, 0.25) is 0 Å². The van der Waals surface area contributed by atoms with Crippen molar-refractivity contribution in [2.24, 2.45) is 0 Å². The standard InChI is InChI=1S/C8H10N2O6S/c11-8(12)5-9-17(15,16)7-3-1-2-6(4-7)10(13)14/h1-4,8-9,11-12H,5H2. The van der Waals surface area contributed by atoms with Crippen LogP contribution in [0.1, 0.15) is 0 Å². The van der Waals surface area contributed by atoms with Crippen LogP contribution < -0.4 is 4.72 Å². The van der Waals surface area contributed by atoms with Crippen molar-refractivity contribution in [3.63, 3.8) is 0 Å². The molecule has 0 saturated carbocycles. The first-order chi connectivity index (χ1) is 7.83. The molecule has 1 aromatic carbocycles. The Morgan fingerprint density at radius 1 is 1.41 bits per heavy atom. The van der Waals surface area contributed by atoms with Crippen molar-refractivity contribution in [3.8, 4) is 0 Å². The molecule has 0 amide bonds. The number of benzene rings is 1. The first-order valence-corrected chi connectivity index (χ1v) is 5.91. The first kappa shape index (κ1) is 13.5. The molecule has 0 aliphatic rings. The van der Waals surface area contributed by atoms with E-state index in [1.54, 1.807) is 0 Å². The first-order valence-electron chi connectivity index (χ1n) is 4.43. The van der Waals surface area contributed by atoms with Crippen LogP contribution >= 0.6 is 0 Å². The summed E-state index contributed by atoms with van der Waals surface area (Å²) in [6.45, 7) is -0.592. The number of hydrogen-bond acceptors (Lipinski definition) is 6. The summed E-state index contributed by atoms with van der Waals surface area (Å²) in [7, 11) is -3.99. The summed E-state index contributed by atoms with van der Waals surface area (Å²) in [5.74, 6) is 0. The lowest BCUT2D eigenvalue weighted by molar-refractivity contribution is -0.385. The van der Waals surface area contributed by atoms with Crippen molar-refractivity contribution in [2.45, 2.75) is 11.2 Å². The Morgan fingerprint density at radius 3 is 2.59 bits per heavy atom. The largest absolute Gasteiger partial charge is 0.367 e. The number of nitrogens with zero attached hydrogens (tertiary/aromatic N) is 1. The van der Waals surface area contributed by atoms with Crippen molar-refractivity contribution in [2.75, 3.05) is 6.54 Å². The second-order valence-corrected chi connectivity index (χ2v) is 4.85. The maximum Gasteiger partial charge on any atom is 0.270 e. The summed E-state index contributed by atoms with van der Waals surface area (Å²) < 4.78 is 25.0. The number of rotatable bonds is 5. The van der Waals surface area contributed by atoms with E-state index in [4.69, 9.17) is 10.2 Å². The van der Waals surface area contributed by atoms with E-state index >= 15 is 0 Å². The molecule has 9 heteroatoms. The second kappa shape index (κ2) is 5.19. The molecule has 0 saturated heterocycles. The van der Waals surface area contributed by atoms with Gasteiger partial charge in [0, 0.05) is 12.1 Å². The van der Waals surface area contributed by atoms with Gasteiger partial charge in [0.1, 0.15) is 0 Å². The van der Waals surface area contributed by atoms with Crippen LogP contribution in [-0.4, -0.2) is 36.4 Å². The minimum Gasteiger partial charge on any atom is -0.367 e. The Balaban J connectivity index is 2.99. The maximum absolute atomic E-state index is 11.6. The van der Waals surface area contributed by atoms with Gasteiger partial charge in [-0.15, -0.1) is 0 Å². The highest BCUT2D eigenvalue weighted by Gasteiger charge is 2.17. The highest BCUT2D eigenvalue weighted by molar-refractivity contribution is 7.89. The average Bonchev–Trinajstić information content (AvgIpc) is 2.27. The number of aliphatic hydroxyl groups is 2. The highest BCUT2D eigenvalue weighted by Crippen LogP contribution is 2.16. The van der Waals surface area contributed by atoms with Gasteiger partial charge < -0.3 is 10.2 Å². The van der Waals surface area contributed by atoms with Crippen LogP contribution in [0.15, 0.2) is 29.2 Å². The van der Waals surface area contributed by atoms with Crippen molar-refractivity contribution < 1.29 is 23.6 Å². The van der Waals surface area contributed by atoms with E-state index in [2.05, 4.69) is 0 Å². The predicted molar refractivity (Wildman–Crippen MR) is 56.5 cm³/mol. The summed E-state index contributed by atoms with van der Waals surface area (Å²) in [4.78, 5) is 9.42. The Kier molecular flexibility index (Phi) is 4.12. The number of nitro benzene ring substituents is 1. The fourth-order valence-corrected chi connectivity index (χ4v) is 2.10. The van der Waals surface area contributed by atoms with Crippen molar-refractivity contribution in [3.05, 3.63) is 34.4 Å². The average molecular weight is 262 g/mol. The molecular weight excluding hydrogens is 252 g/mol. The Bertz CT molecular complexity index is 513. The summed E-state index contributed by atoms with van der Waals surface area (Å²) in [5.41, 5.74) is -0.363. The number of non-ortho nitro benzene ring substituents is 1. The van der Waals surface area contributed by atoms with E-state index in [-0.39, 0.29) is 10.6 Å². The van der Waals surface area contributed by atoms with Gasteiger partial charge in [-0.25, -0.2) is 13.1 Å². The fraction of sp³-hybridized carbons (Fsp3) is 0.250. The molecule has 8 nitrogen and oxygen atoms in total. The number of nitrogens with one attached hydrogen (secondary N) is 1. The lowest BCUT2D eigenvalue weighted by Crippen LogP contribution is -2.31. The predicted octanol–water partition coefficient (Wildman–Crippen LogP) is -0.816. The molecule has 17 heavy (non-hydrogen) atoms. The molecule has 0 spiro atoms. The number of sulfonamides is 1. The van der Waals surface area contributed by atoms with Gasteiger partial charge in [0.25, 0.3) is 5.69 Å². The van der Waals surface area contributed by atoms with Gasteiger partial charge in [-0.2, -0.15) is 0 Å². The Morgan fingerprint density at radius 2 is 2.06 bits per heavy atom. The summed E-state index contributed by atoms with van der Waals surface area (Å²) >= 11 is 0. The van der Waals surface area contributed by atoms with Gasteiger partial charge in [0.2, 0.25) is 10.0 Å². The third-order valence-electron chi connectivity index (χ3n) is 1.79. The molecule has 0 heterocycles. The van der Waals surface area contributed by atoms with Crippen LogP contribution in [0, 0.1) is 10.1 Å². The molecule has 0 atom stereocenters. The fourth-order valence-electron chi connectivity index (χ4n) is 1.03. The zero-order chi connectivity index (χ0) is 13.1. The second-order valence-electron chi connectivity index (χ2n) is 3.09. The van der Waals surface area contributed by atoms with Gasteiger partial charge >= 0.3 is 0 Å². The zero-order valence-electron chi connectivity index (χ0n) is 8.48. The van der Waals surface area contributed by atoms with E-state index in [1.165, 1.54) is 12.1 Å². The Labute approximate surface area is 96.7 Å². The molecule has 1 rings (SSSR count). The van der Waals surface area contributed by atoms with Crippen molar-refractivity contribution in [1.82, 2.24) is 4.72 Å². The zero-order valence-corrected chi connectivity index (χ0v) is 9.29. The monoisotopic (exact) mass is 262 g/mol. The molecule has 0 radical (unpaired) electrons. The number of aliphatic hydroxyl groups excluding tert-OH is 1. The third kappa shape index (κ3) is 3.75. The van der Waals surface area contributed by atoms with Crippen LogP contribution in [0.4, 0.5) is 5.69 Å². The number of hydrogen-bond donors (Lipinski definition) is 3. The lowest BCUT2D eigenvalue weighted by atomic mass is 10.3. The van der Waals surface area contributed by atoms with E-state index in [0.29, 0.717) is 0 Å². The molecule has 0 fully saturated rings. The van der Waals surface area contributed by atoms with Crippen LogP contribution in [-0.2, 0) is 10.0 Å². The lowest BCUT2D eigenvalue weighted by Gasteiger charge is -2.07. The van der Waals surface area contributed by atoms with Gasteiger partial charge in [-0.05, 0) is 6.07 Å². The molecule has 94 valence electrons. The van der Waals surface area contributed by atoms with Crippen LogP contribution in [0.3, 0.4) is 0 Å².